The number of rotatable bonds is 3. The molecule has 0 aromatic rings. The van der Waals surface area contributed by atoms with Crippen LogP contribution in [-0.4, -0.2) is 78.0 Å². The van der Waals surface area contributed by atoms with E-state index in [1.807, 2.05) is 4.90 Å². The number of nitrogens with zero attached hydrogens (tertiary/aromatic N) is 3. The fourth-order valence-electron chi connectivity index (χ4n) is 5.01. The first-order valence-corrected chi connectivity index (χ1v) is 10.6. The lowest BCUT2D eigenvalue weighted by atomic mass is 9.86. The summed E-state index contributed by atoms with van der Waals surface area (Å²) in [5.74, 6) is 1.06. The molecule has 6 nitrogen and oxygen atoms in total. The molecule has 2 heterocycles. The number of likely N-dealkylation sites (N-methyl/N-ethyl adjacent to an activating group) is 1. The molecule has 3 amide bonds. The lowest BCUT2D eigenvalue weighted by Gasteiger charge is -2.49. The van der Waals surface area contributed by atoms with Gasteiger partial charge in [-0.05, 0) is 51.5 Å². The number of nitrogens with one attached hydrogen (secondary N) is 1. The smallest absolute Gasteiger partial charge is 0.317 e. The number of urea groups is 1. The summed E-state index contributed by atoms with van der Waals surface area (Å²) < 4.78 is 0. The quantitative estimate of drug-likeness (QED) is 0.836. The minimum absolute atomic E-state index is 0.0424. The maximum Gasteiger partial charge on any atom is 0.317 e. The molecular formula is C20H34N4O2. The van der Waals surface area contributed by atoms with Gasteiger partial charge in [0.25, 0.3) is 0 Å². The number of piperazine rings is 1. The average Bonchev–Trinajstić information content (AvgIpc) is 3.34. The maximum absolute atomic E-state index is 12.8. The van der Waals surface area contributed by atoms with Gasteiger partial charge in [0.2, 0.25) is 5.91 Å². The van der Waals surface area contributed by atoms with Gasteiger partial charge in [-0.15, -0.1) is 0 Å². The van der Waals surface area contributed by atoms with E-state index in [0.717, 1.165) is 64.3 Å². The van der Waals surface area contributed by atoms with Gasteiger partial charge in [0, 0.05) is 50.7 Å². The van der Waals surface area contributed by atoms with Crippen molar-refractivity contribution in [2.24, 2.45) is 5.92 Å². The molecule has 26 heavy (non-hydrogen) atoms. The molecule has 2 aliphatic carbocycles. The maximum atomic E-state index is 12.8. The molecule has 146 valence electrons. The molecule has 0 aromatic carbocycles. The van der Waals surface area contributed by atoms with Crippen LogP contribution in [0.2, 0.25) is 0 Å². The number of carbonyl (C=O) groups is 2. The number of hydrogen-bond acceptors (Lipinski definition) is 3. The van der Waals surface area contributed by atoms with Crippen LogP contribution in [0.1, 0.15) is 57.8 Å². The van der Waals surface area contributed by atoms with Crippen LogP contribution in [0.5, 0.6) is 0 Å². The predicted molar refractivity (Wildman–Crippen MR) is 101 cm³/mol. The van der Waals surface area contributed by atoms with Gasteiger partial charge in [0.05, 0.1) is 0 Å². The lowest BCUT2D eigenvalue weighted by Crippen LogP contribution is -2.63. The average molecular weight is 363 g/mol. The second kappa shape index (κ2) is 7.37. The molecule has 1 atom stereocenters. The van der Waals surface area contributed by atoms with Crippen LogP contribution >= 0.6 is 0 Å². The van der Waals surface area contributed by atoms with Crippen LogP contribution in [0.3, 0.4) is 0 Å². The molecule has 0 unspecified atom stereocenters. The van der Waals surface area contributed by atoms with E-state index in [2.05, 4.69) is 22.2 Å². The van der Waals surface area contributed by atoms with Gasteiger partial charge in [-0.1, -0.05) is 12.8 Å². The number of carbonyl (C=O) groups excluding carboxylic acids is 2. The zero-order chi connectivity index (χ0) is 18.1. The highest BCUT2D eigenvalue weighted by Crippen LogP contribution is 2.35. The second-order valence-corrected chi connectivity index (χ2v) is 9.03. The third-order valence-corrected chi connectivity index (χ3v) is 7.15. The first-order valence-electron chi connectivity index (χ1n) is 10.6. The Hall–Kier alpha value is -1.30. The summed E-state index contributed by atoms with van der Waals surface area (Å²) in [5, 5.41) is 3.24. The third-order valence-electron chi connectivity index (χ3n) is 7.15. The molecule has 2 saturated carbocycles. The van der Waals surface area contributed by atoms with E-state index in [4.69, 9.17) is 0 Å². The van der Waals surface area contributed by atoms with Crippen LogP contribution < -0.4 is 5.32 Å². The number of amides is 3. The summed E-state index contributed by atoms with van der Waals surface area (Å²) >= 11 is 0. The molecule has 0 aromatic heterocycles. The SMILES string of the molecule is CN1CCN(C(=O)NC2CCCC2)C[C@@]12CCC(=O)N(CC1CC1)CC2. The third kappa shape index (κ3) is 3.85. The van der Waals surface area contributed by atoms with Gasteiger partial charge < -0.3 is 15.1 Å². The predicted octanol–water partition coefficient (Wildman–Crippen LogP) is 2.05. The van der Waals surface area contributed by atoms with Crippen molar-refractivity contribution in [3.05, 3.63) is 0 Å². The highest BCUT2D eigenvalue weighted by atomic mass is 16.2. The van der Waals surface area contributed by atoms with Crippen molar-refractivity contribution >= 4 is 11.9 Å². The van der Waals surface area contributed by atoms with Gasteiger partial charge in [-0.2, -0.15) is 0 Å². The molecular weight excluding hydrogens is 328 g/mol. The van der Waals surface area contributed by atoms with E-state index < -0.39 is 0 Å². The van der Waals surface area contributed by atoms with Crippen LogP contribution in [0, 0.1) is 5.92 Å². The summed E-state index contributed by atoms with van der Waals surface area (Å²) in [4.78, 5) is 31.9. The first kappa shape index (κ1) is 18.1. The number of hydrogen-bond donors (Lipinski definition) is 1. The van der Waals surface area contributed by atoms with E-state index >= 15 is 0 Å². The molecule has 4 aliphatic rings. The van der Waals surface area contributed by atoms with Crippen molar-refractivity contribution in [3.63, 3.8) is 0 Å². The molecule has 0 radical (unpaired) electrons. The van der Waals surface area contributed by atoms with Gasteiger partial charge in [-0.25, -0.2) is 4.79 Å². The lowest BCUT2D eigenvalue weighted by molar-refractivity contribution is -0.130. The minimum atomic E-state index is -0.0424. The first-order chi connectivity index (χ1) is 12.6. The molecule has 6 heteroatoms. The summed E-state index contributed by atoms with van der Waals surface area (Å²) in [5.41, 5.74) is -0.0424. The Labute approximate surface area is 157 Å². The molecule has 1 N–H and O–H groups in total. The Morgan fingerprint density at radius 2 is 1.88 bits per heavy atom. The van der Waals surface area contributed by atoms with E-state index in [1.165, 1.54) is 25.7 Å². The van der Waals surface area contributed by atoms with E-state index in [9.17, 15) is 9.59 Å². The van der Waals surface area contributed by atoms with Crippen LogP contribution in [0.4, 0.5) is 4.79 Å². The molecule has 2 aliphatic heterocycles. The fourth-order valence-corrected chi connectivity index (χ4v) is 5.01. The summed E-state index contributed by atoms with van der Waals surface area (Å²) in [6, 6.07) is 0.470. The summed E-state index contributed by atoms with van der Waals surface area (Å²) in [6.07, 6.45) is 9.74. The van der Waals surface area contributed by atoms with E-state index in [0.29, 0.717) is 18.4 Å². The van der Waals surface area contributed by atoms with Crippen molar-refractivity contribution in [3.8, 4) is 0 Å². The Balaban J connectivity index is 1.40. The minimum Gasteiger partial charge on any atom is -0.342 e. The second-order valence-electron chi connectivity index (χ2n) is 9.03. The number of likely N-dealkylation sites (tertiary alicyclic amines) is 1. The van der Waals surface area contributed by atoms with Crippen molar-refractivity contribution in [1.29, 1.82) is 0 Å². The van der Waals surface area contributed by atoms with Crippen molar-refractivity contribution in [1.82, 2.24) is 20.0 Å². The van der Waals surface area contributed by atoms with Crippen molar-refractivity contribution in [2.45, 2.75) is 69.4 Å². The van der Waals surface area contributed by atoms with Crippen molar-refractivity contribution < 1.29 is 9.59 Å². The molecule has 4 rings (SSSR count). The Kier molecular flexibility index (Phi) is 5.13. The molecule has 4 fully saturated rings. The Morgan fingerprint density at radius 1 is 1.12 bits per heavy atom. The highest BCUT2D eigenvalue weighted by Gasteiger charge is 2.44. The Morgan fingerprint density at radius 3 is 2.62 bits per heavy atom. The molecule has 1 spiro atoms. The monoisotopic (exact) mass is 362 g/mol. The van der Waals surface area contributed by atoms with Crippen LogP contribution in [0.25, 0.3) is 0 Å². The normalized spacial score (nSPS) is 31.5. The largest absolute Gasteiger partial charge is 0.342 e. The van der Waals surface area contributed by atoms with Crippen LogP contribution in [-0.2, 0) is 4.79 Å². The summed E-state index contributed by atoms with van der Waals surface area (Å²) in [6.45, 7) is 4.24. The summed E-state index contributed by atoms with van der Waals surface area (Å²) in [7, 11) is 2.17. The fraction of sp³-hybridized carbons (Fsp3) is 0.900. The van der Waals surface area contributed by atoms with Gasteiger partial charge in [-0.3, -0.25) is 9.69 Å². The van der Waals surface area contributed by atoms with Gasteiger partial charge >= 0.3 is 6.03 Å². The topological polar surface area (TPSA) is 55.9 Å². The highest BCUT2D eigenvalue weighted by molar-refractivity contribution is 5.77. The van der Waals surface area contributed by atoms with E-state index in [1.54, 1.807) is 0 Å². The van der Waals surface area contributed by atoms with Gasteiger partial charge in [0.1, 0.15) is 0 Å². The van der Waals surface area contributed by atoms with E-state index in [-0.39, 0.29) is 11.6 Å². The van der Waals surface area contributed by atoms with Gasteiger partial charge in [0.15, 0.2) is 0 Å². The zero-order valence-electron chi connectivity index (χ0n) is 16.2. The molecule has 2 saturated heterocycles. The molecule has 0 bridgehead atoms. The van der Waals surface area contributed by atoms with Crippen molar-refractivity contribution in [2.75, 3.05) is 39.8 Å². The standard InChI is InChI=1S/C20H34N4O2/c1-22-12-13-24(19(26)21-17-4-2-3-5-17)15-20(22)9-8-18(25)23(11-10-20)14-16-6-7-16/h16-17H,2-15H2,1H3,(H,21,26)/t20-/m0/s1. The zero-order valence-corrected chi connectivity index (χ0v) is 16.2. The van der Waals surface area contributed by atoms with Crippen LogP contribution in [0.15, 0.2) is 0 Å². The Bertz CT molecular complexity index is 544.